The van der Waals surface area contributed by atoms with Gasteiger partial charge in [0, 0.05) is 13.1 Å². The molecule has 1 aliphatic heterocycles. The normalized spacial score (nSPS) is 22.2. The first kappa shape index (κ1) is 15.4. The van der Waals surface area contributed by atoms with Gasteiger partial charge in [-0.3, -0.25) is 4.79 Å². The van der Waals surface area contributed by atoms with Crippen LogP contribution in [0.3, 0.4) is 0 Å². The molecule has 1 aliphatic rings. The van der Waals surface area contributed by atoms with E-state index in [1.165, 1.54) is 0 Å². The average Bonchev–Trinajstić information content (AvgIpc) is 2.88. The monoisotopic (exact) mass is 320 g/mol. The van der Waals surface area contributed by atoms with Gasteiger partial charge in [-0.2, -0.15) is 0 Å². The molecular formula is C16H20N2O3S. The van der Waals surface area contributed by atoms with E-state index in [1.54, 1.807) is 11.3 Å². The number of thiazole rings is 1. The fourth-order valence-corrected chi connectivity index (χ4v) is 3.59. The Kier molecular flexibility index (Phi) is 4.71. The van der Waals surface area contributed by atoms with Crippen molar-refractivity contribution in [2.24, 2.45) is 0 Å². The molecule has 0 N–H and O–H groups in total. The van der Waals surface area contributed by atoms with Crippen molar-refractivity contribution < 1.29 is 14.3 Å². The minimum Gasteiger partial charge on any atom is -0.372 e. The van der Waals surface area contributed by atoms with Crippen LogP contribution < -0.4 is 0 Å². The first-order chi connectivity index (χ1) is 10.6. The van der Waals surface area contributed by atoms with Crippen molar-refractivity contribution in [1.82, 2.24) is 9.88 Å². The largest absolute Gasteiger partial charge is 0.372 e. The molecule has 0 saturated carbocycles. The predicted molar refractivity (Wildman–Crippen MR) is 85.9 cm³/mol. The Labute approximate surface area is 133 Å². The van der Waals surface area contributed by atoms with Crippen LogP contribution in [0.4, 0.5) is 0 Å². The zero-order chi connectivity index (χ0) is 15.5. The second kappa shape index (κ2) is 6.73. The number of carbonyl (C=O) groups excluding carboxylic acids is 1. The highest BCUT2D eigenvalue weighted by atomic mass is 32.1. The number of morpholine rings is 1. The van der Waals surface area contributed by atoms with Crippen LogP contribution in [-0.4, -0.2) is 47.7 Å². The molecule has 0 radical (unpaired) electrons. The molecule has 3 rings (SSSR count). The first-order valence-corrected chi connectivity index (χ1v) is 8.29. The summed E-state index contributed by atoms with van der Waals surface area (Å²) in [4.78, 5) is 18.5. The topological polar surface area (TPSA) is 51.7 Å². The Bertz CT molecular complexity index is 615. The van der Waals surface area contributed by atoms with Crippen molar-refractivity contribution in [3.05, 3.63) is 29.3 Å². The van der Waals surface area contributed by atoms with E-state index in [9.17, 15) is 4.79 Å². The fraction of sp³-hybridized carbons (Fsp3) is 0.500. The van der Waals surface area contributed by atoms with Crippen molar-refractivity contribution in [3.63, 3.8) is 0 Å². The first-order valence-electron chi connectivity index (χ1n) is 7.47. The number of carbonyl (C=O) groups is 1. The highest BCUT2D eigenvalue weighted by Gasteiger charge is 2.25. The summed E-state index contributed by atoms with van der Waals surface area (Å²) in [7, 11) is 0. The maximum absolute atomic E-state index is 12.2. The molecule has 1 aromatic heterocycles. The van der Waals surface area contributed by atoms with Gasteiger partial charge >= 0.3 is 0 Å². The third kappa shape index (κ3) is 3.63. The zero-order valence-corrected chi connectivity index (χ0v) is 13.6. The molecule has 1 saturated heterocycles. The Morgan fingerprint density at radius 1 is 1.36 bits per heavy atom. The van der Waals surface area contributed by atoms with Gasteiger partial charge < -0.3 is 14.4 Å². The average molecular weight is 320 g/mol. The maximum Gasteiger partial charge on any atom is 0.248 e. The summed E-state index contributed by atoms with van der Waals surface area (Å²) in [5, 5.41) is 0.901. The van der Waals surface area contributed by atoms with E-state index >= 15 is 0 Å². The van der Waals surface area contributed by atoms with Gasteiger partial charge in [-0.15, -0.1) is 11.3 Å². The molecule has 2 aromatic rings. The highest BCUT2D eigenvalue weighted by molar-refractivity contribution is 7.18. The lowest BCUT2D eigenvalue weighted by molar-refractivity contribution is -0.148. The third-order valence-electron chi connectivity index (χ3n) is 3.56. The van der Waals surface area contributed by atoms with Gasteiger partial charge in [0.25, 0.3) is 0 Å². The van der Waals surface area contributed by atoms with E-state index in [4.69, 9.17) is 9.47 Å². The molecule has 1 amide bonds. The molecule has 6 heteroatoms. The van der Waals surface area contributed by atoms with Crippen LogP contribution in [0.5, 0.6) is 0 Å². The van der Waals surface area contributed by atoms with E-state index in [-0.39, 0.29) is 24.7 Å². The summed E-state index contributed by atoms with van der Waals surface area (Å²) in [5.41, 5.74) is 0.980. The van der Waals surface area contributed by atoms with Crippen LogP contribution >= 0.6 is 11.3 Å². The number of hydrogen-bond acceptors (Lipinski definition) is 5. The van der Waals surface area contributed by atoms with Crippen molar-refractivity contribution >= 4 is 27.5 Å². The molecular weight excluding hydrogens is 300 g/mol. The van der Waals surface area contributed by atoms with Crippen molar-refractivity contribution in [3.8, 4) is 0 Å². The van der Waals surface area contributed by atoms with E-state index in [0.29, 0.717) is 19.7 Å². The van der Waals surface area contributed by atoms with E-state index in [2.05, 4.69) is 4.98 Å². The molecule has 0 spiro atoms. The maximum atomic E-state index is 12.2. The quantitative estimate of drug-likeness (QED) is 0.868. The Hall–Kier alpha value is -1.50. The van der Waals surface area contributed by atoms with Gasteiger partial charge in [0.15, 0.2) is 0 Å². The summed E-state index contributed by atoms with van der Waals surface area (Å²) in [6.45, 7) is 5.70. The van der Waals surface area contributed by atoms with Gasteiger partial charge in [0.05, 0.1) is 29.0 Å². The molecule has 0 unspecified atom stereocenters. The Morgan fingerprint density at radius 3 is 2.82 bits per heavy atom. The SMILES string of the molecule is C[C@@H]1CN(C(=O)COCc2nc3ccccc3s2)C[C@H](C)O1. The van der Waals surface area contributed by atoms with Crippen LogP contribution in [0.25, 0.3) is 10.2 Å². The summed E-state index contributed by atoms with van der Waals surface area (Å²) in [5.74, 6) is 0.0168. The highest BCUT2D eigenvalue weighted by Crippen LogP contribution is 2.22. The Balaban J connectivity index is 1.51. The lowest BCUT2D eigenvalue weighted by Gasteiger charge is -2.35. The predicted octanol–water partition coefficient (Wildman–Crippen LogP) is 2.45. The van der Waals surface area contributed by atoms with Crippen LogP contribution in [0.1, 0.15) is 18.9 Å². The van der Waals surface area contributed by atoms with Gasteiger partial charge in [0.2, 0.25) is 5.91 Å². The minimum atomic E-state index is 0.0168. The van der Waals surface area contributed by atoms with E-state index < -0.39 is 0 Å². The van der Waals surface area contributed by atoms with Gasteiger partial charge in [-0.05, 0) is 26.0 Å². The molecule has 5 nitrogen and oxygen atoms in total. The smallest absolute Gasteiger partial charge is 0.248 e. The lowest BCUT2D eigenvalue weighted by atomic mass is 10.2. The van der Waals surface area contributed by atoms with Crippen molar-refractivity contribution in [1.29, 1.82) is 0 Å². The summed E-state index contributed by atoms with van der Waals surface area (Å²) in [6.07, 6.45) is 0.161. The van der Waals surface area contributed by atoms with E-state index in [0.717, 1.165) is 15.2 Å². The van der Waals surface area contributed by atoms with Crippen LogP contribution in [-0.2, 0) is 20.9 Å². The van der Waals surface area contributed by atoms with Crippen LogP contribution in [0, 0.1) is 0 Å². The summed E-state index contributed by atoms with van der Waals surface area (Å²) in [6, 6.07) is 7.99. The van der Waals surface area contributed by atoms with Crippen molar-refractivity contribution in [2.45, 2.75) is 32.7 Å². The van der Waals surface area contributed by atoms with Crippen LogP contribution in [0.15, 0.2) is 24.3 Å². The number of para-hydroxylation sites is 1. The Morgan fingerprint density at radius 2 is 2.09 bits per heavy atom. The molecule has 2 heterocycles. The van der Waals surface area contributed by atoms with Crippen molar-refractivity contribution in [2.75, 3.05) is 19.7 Å². The molecule has 2 atom stereocenters. The molecule has 22 heavy (non-hydrogen) atoms. The third-order valence-corrected chi connectivity index (χ3v) is 4.57. The standard InChI is InChI=1S/C16H20N2O3S/c1-11-7-18(8-12(2)21-11)16(19)10-20-9-15-17-13-5-3-4-6-14(13)22-15/h3-6,11-12H,7-10H2,1-2H3/t11-,12+. The molecule has 0 bridgehead atoms. The summed E-state index contributed by atoms with van der Waals surface area (Å²) >= 11 is 1.60. The van der Waals surface area contributed by atoms with Gasteiger partial charge in [-0.1, -0.05) is 12.1 Å². The summed E-state index contributed by atoms with van der Waals surface area (Å²) < 4.78 is 12.3. The second-order valence-corrected chi connectivity index (χ2v) is 6.74. The lowest BCUT2D eigenvalue weighted by Crippen LogP contribution is -2.49. The number of benzene rings is 1. The number of ether oxygens (including phenoxy) is 2. The number of rotatable bonds is 4. The number of hydrogen-bond donors (Lipinski definition) is 0. The molecule has 0 aliphatic carbocycles. The minimum absolute atomic E-state index is 0.0168. The van der Waals surface area contributed by atoms with Crippen LogP contribution in [0.2, 0.25) is 0 Å². The van der Waals surface area contributed by atoms with Gasteiger partial charge in [-0.25, -0.2) is 4.98 Å². The van der Waals surface area contributed by atoms with Gasteiger partial charge in [0.1, 0.15) is 11.6 Å². The molecule has 1 fully saturated rings. The molecule has 1 aromatic carbocycles. The number of aromatic nitrogens is 1. The molecule has 118 valence electrons. The fourth-order valence-electron chi connectivity index (χ4n) is 2.68. The van der Waals surface area contributed by atoms with E-state index in [1.807, 2.05) is 43.0 Å². The number of fused-ring (bicyclic) bond motifs is 1. The number of nitrogens with zero attached hydrogens (tertiary/aromatic N) is 2. The zero-order valence-electron chi connectivity index (χ0n) is 12.8. The second-order valence-electron chi connectivity index (χ2n) is 5.62. The number of amides is 1.